The van der Waals surface area contributed by atoms with Crippen molar-refractivity contribution in [1.82, 2.24) is 5.32 Å². The number of Topliss-reactive ketones (excluding diaryl/α,β-unsaturated/α-hetero) is 1. The van der Waals surface area contributed by atoms with Gasteiger partial charge in [0.15, 0.2) is 5.78 Å². The smallest absolute Gasteiger partial charge is 0.175 e. The van der Waals surface area contributed by atoms with Gasteiger partial charge in [0, 0.05) is 34.5 Å². The monoisotopic (exact) mass is 368 g/mol. The Morgan fingerprint density at radius 3 is 2.69 bits per heavy atom. The van der Waals surface area contributed by atoms with Crippen molar-refractivity contribution in [3.8, 4) is 11.3 Å². The van der Waals surface area contributed by atoms with Crippen LogP contribution < -0.4 is 16.8 Å². The summed E-state index contributed by atoms with van der Waals surface area (Å²) in [7, 11) is 0. The topological polar surface area (TPSA) is 107 Å². The summed E-state index contributed by atoms with van der Waals surface area (Å²) in [6.07, 6.45) is 1.40. The molecule has 0 fully saturated rings. The summed E-state index contributed by atoms with van der Waals surface area (Å²) in [5.74, 6) is 1.10. The van der Waals surface area contributed by atoms with Crippen LogP contribution in [-0.2, 0) is 4.79 Å². The highest BCUT2D eigenvalue weighted by molar-refractivity contribution is 6.30. The van der Waals surface area contributed by atoms with Gasteiger partial charge < -0.3 is 21.2 Å². The number of nitrogens with zero attached hydrogens (tertiary/aromatic N) is 1. The maximum Gasteiger partial charge on any atom is 0.175 e. The summed E-state index contributed by atoms with van der Waals surface area (Å²) in [5, 5.41) is 3.68. The third kappa shape index (κ3) is 2.73. The van der Waals surface area contributed by atoms with Crippen LogP contribution in [0, 0.1) is 0 Å². The lowest BCUT2D eigenvalue weighted by molar-refractivity contribution is -0.115. The van der Waals surface area contributed by atoms with Gasteiger partial charge in [-0.2, -0.15) is 0 Å². The van der Waals surface area contributed by atoms with Crippen molar-refractivity contribution >= 4 is 23.2 Å². The SMILES string of the molecule is N/C=C1\C(N)=NC2=C(C(=O)CNC2)C1c1ccc(-c2ccc(Cl)cc2)o1. The number of benzene rings is 1. The molecule has 1 unspecified atom stereocenters. The van der Waals surface area contributed by atoms with E-state index < -0.39 is 5.92 Å². The zero-order chi connectivity index (χ0) is 18.3. The van der Waals surface area contributed by atoms with Crippen molar-refractivity contribution < 1.29 is 9.21 Å². The third-order valence-corrected chi connectivity index (χ3v) is 4.81. The Morgan fingerprint density at radius 2 is 1.96 bits per heavy atom. The first-order valence-corrected chi connectivity index (χ1v) is 8.55. The van der Waals surface area contributed by atoms with E-state index in [1.165, 1.54) is 6.20 Å². The molecule has 2 aromatic rings. The number of halogens is 1. The van der Waals surface area contributed by atoms with Gasteiger partial charge in [-0.1, -0.05) is 11.6 Å². The van der Waals surface area contributed by atoms with E-state index in [0.29, 0.717) is 45.8 Å². The molecule has 0 bridgehead atoms. The number of ketones is 1. The number of aliphatic imine (C=N–C) groups is 1. The number of nitrogens with one attached hydrogen (secondary N) is 1. The second-order valence-corrected chi connectivity index (χ2v) is 6.58. The number of rotatable bonds is 2. The molecule has 0 spiro atoms. The van der Waals surface area contributed by atoms with Gasteiger partial charge in [-0.3, -0.25) is 4.79 Å². The van der Waals surface area contributed by atoms with Crippen molar-refractivity contribution in [2.45, 2.75) is 5.92 Å². The Bertz CT molecular complexity index is 970. The standard InChI is InChI=1S/C19H17ClN4O2/c20-11-3-1-10(2-4-11)15-5-6-16(26-15)17-12(7-21)19(22)24-13-8-23-9-14(25)18(13)17/h1-7,17,23H,8-9,21H2,(H2,22,24)/b12-7-. The van der Waals surface area contributed by atoms with E-state index in [1.54, 1.807) is 12.1 Å². The summed E-state index contributed by atoms with van der Waals surface area (Å²) in [6, 6.07) is 11.1. The van der Waals surface area contributed by atoms with E-state index in [9.17, 15) is 4.79 Å². The van der Waals surface area contributed by atoms with Gasteiger partial charge in [0.25, 0.3) is 0 Å². The number of hydrogen-bond donors (Lipinski definition) is 3. The second kappa shape index (κ2) is 6.48. The van der Waals surface area contributed by atoms with Gasteiger partial charge in [0.2, 0.25) is 0 Å². The van der Waals surface area contributed by atoms with Crippen LogP contribution in [0.15, 0.2) is 68.9 Å². The molecule has 26 heavy (non-hydrogen) atoms. The zero-order valence-electron chi connectivity index (χ0n) is 13.8. The van der Waals surface area contributed by atoms with E-state index in [1.807, 2.05) is 24.3 Å². The minimum Gasteiger partial charge on any atom is -0.460 e. The largest absolute Gasteiger partial charge is 0.460 e. The fourth-order valence-electron chi connectivity index (χ4n) is 3.34. The molecule has 0 saturated carbocycles. The number of carbonyl (C=O) groups is 1. The van der Waals surface area contributed by atoms with Crippen molar-refractivity contribution in [2.24, 2.45) is 16.5 Å². The van der Waals surface area contributed by atoms with Crippen LogP contribution in [-0.4, -0.2) is 24.7 Å². The highest BCUT2D eigenvalue weighted by Gasteiger charge is 2.37. The first-order valence-electron chi connectivity index (χ1n) is 8.17. The predicted molar refractivity (Wildman–Crippen MR) is 101 cm³/mol. The molecule has 7 heteroatoms. The third-order valence-electron chi connectivity index (χ3n) is 4.56. The first-order chi connectivity index (χ1) is 12.6. The van der Waals surface area contributed by atoms with Crippen LogP contribution in [0.3, 0.4) is 0 Å². The zero-order valence-corrected chi connectivity index (χ0v) is 14.6. The summed E-state index contributed by atoms with van der Waals surface area (Å²) >= 11 is 5.94. The van der Waals surface area contributed by atoms with Gasteiger partial charge in [0.1, 0.15) is 17.4 Å². The van der Waals surface area contributed by atoms with Crippen LogP contribution in [0.2, 0.25) is 5.02 Å². The molecule has 0 saturated heterocycles. The number of hydrogen-bond acceptors (Lipinski definition) is 6. The Morgan fingerprint density at radius 1 is 1.19 bits per heavy atom. The second-order valence-electron chi connectivity index (χ2n) is 6.15. The molecule has 1 aromatic heterocycles. The average Bonchev–Trinajstić information content (AvgIpc) is 3.11. The van der Waals surface area contributed by atoms with E-state index in [-0.39, 0.29) is 12.3 Å². The van der Waals surface area contributed by atoms with E-state index in [0.717, 1.165) is 5.56 Å². The maximum absolute atomic E-state index is 12.5. The Kier molecular flexibility index (Phi) is 4.14. The van der Waals surface area contributed by atoms with Gasteiger partial charge in [-0.25, -0.2) is 4.99 Å². The molecule has 0 amide bonds. The van der Waals surface area contributed by atoms with E-state index in [2.05, 4.69) is 10.3 Å². The normalized spacial score (nSPS) is 21.7. The fraction of sp³-hybridized carbons (Fsp3) is 0.158. The summed E-state index contributed by atoms with van der Waals surface area (Å²) in [6.45, 7) is 0.744. The minimum atomic E-state index is -0.455. The Labute approximate surface area is 155 Å². The van der Waals surface area contributed by atoms with Crippen molar-refractivity contribution in [1.29, 1.82) is 0 Å². The molecule has 2 aliphatic heterocycles. The van der Waals surface area contributed by atoms with Gasteiger partial charge in [0.05, 0.1) is 18.2 Å². The molecular weight excluding hydrogens is 352 g/mol. The molecular formula is C19H17ClN4O2. The average molecular weight is 369 g/mol. The highest BCUT2D eigenvalue weighted by Crippen LogP contribution is 2.40. The van der Waals surface area contributed by atoms with Gasteiger partial charge >= 0.3 is 0 Å². The summed E-state index contributed by atoms with van der Waals surface area (Å²) in [5.41, 5.74) is 14.6. The molecule has 3 heterocycles. The van der Waals surface area contributed by atoms with E-state index in [4.69, 9.17) is 27.5 Å². The van der Waals surface area contributed by atoms with Crippen LogP contribution >= 0.6 is 11.6 Å². The van der Waals surface area contributed by atoms with E-state index >= 15 is 0 Å². The Hall–Kier alpha value is -2.83. The molecule has 0 radical (unpaired) electrons. The molecule has 2 aliphatic rings. The molecule has 132 valence electrons. The molecule has 1 atom stereocenters. The van der Waals surface area contributed by atoms with Crippen molar-refractivity contribution in [2.75, 3.05) is 13.1 Å². The fourth-order valence-corrected chi connectivity index (χ4v) is 3.47. The van der Waals surface area contributed by atoms with Crippen LogP contribution in [0.1, 0.15) is 11.7 Å². The summed E-state index contributed by atoms with van der Waals surface area (Å²) in [4.78, 5) is 16.9. The molecule has 0 aliphatic carbocycles. The lowest BCUT2D eigenvalue weighted by atomic mass is 9.81. The predicted octanol–water partition coefficient (Wildman–Crippen LogP) is 2.32. The van der Waals surface area contributed by atoms with Crippen LogP contribution in [0.25, 0.3) is 11.3 Å². The van der Waals surface area contributed by atoms with Crippen molar-refractivity contribution in [3.05, 3.63) is 70.2 Å². The van der Waals surface area contributed by atoms with Crippen LogP contribution in [0.4, 0.5) is 0 Å². The number of carbonyl (C=O) groups excluding carboxylic acids is 1. The Balaban J connectivity index is 1.80. The first kappa shape index (κ1) is 16.6. The van der Waals surface area contributed by atoms with Crippen LogP contribution in [0.5, 0.6) is 0 Å². The minimum absolute atomic E-state index is 0.0312. The summed E-state index contributed by atoms with van der Waals surface area (Å²) < 4.78 is 6.07. The molecule has 4 rings (SSSR count). The highest BCUT2D eigenvalue weighted by atomic mass is 35.5. The molecule has 6 nitrogen and oxygen atoms in total. The lowest BCUT2D eigenvalue weighted by Crippen LogP contribution is -2.39. The lowest BCUT2D eigenvalue weighted by Gasteiger charge is -2.29. The molecule has 5 N–H and O–H groups in total. The number of amidine groups is 1. The number of furan rings is 1. The maximum atomic E-state index is 12.5. The molecule has 1 aromatic carbocycles. The van der Waals surface area contributed by atoms with Crippen molar-refractivity contribution in [3.63, 3.8) is 0 Å². The van der Waals surface area contributed by atoms with Gasteiger partial charge in [-0.05, 0) is 36.4 Å². The number of nitrogens with two attached hydrogens (primary N) is 2. The van der Waals surface area contributed by atoms with Gasteiger partial charge in [-0.15, -0.1) is 0 Å². The quantitative estimate of drug-likeness (QED) is 0.754.